The number of rotatable bonds is 9. The van der Waals surface area contributed by atoms with Crippen LogP contribution in [0.5, 0.6) is 5.75 Å². The van der Waals surface area contributed by atoms with E-state index >= 15 is 0 Å². The fraction of sp³-hybridized carbons (Fsp3) is 0.647. The lowest BCUT2D eigenvalue weighted by Gasteiger charge is -2.19. The van der Waals surface area contributed by atoms with E-state index in [1.54, 1.807) is 7.11 Å². The van der Waals surface area contributed by atoms with Crippen LogP contribution in [-0.4, -0.2) is 32.4 Å². The molecular weight excluding hydrogens is 264 g/mol. The van der Waals surface area contributed by atoms with Gasteiger partial charge in [-0.15, -0.1) is 0 Å². The van der Waals surface area contributed by atoms with E-state index in [9.17, 15) is 0 Å². The van der Waals surface area contributed by atoms with Gasteiger partial charge in [0.1, 0.15) is 5.75 Å². The highest BCUT2D eigenvalue weighted by Gasteiger charge is 2.16. The van der Waals surface area contributed by atoms with Crippen LogP contribution in [0, 0.1) is 0 Å². The van der Waals surface area contributed by atoms with Crippen LogP contribution in [0.15, 0.2) is 24.3 Å². The SMILES string of the molecule is COCC(CCCN)Nc1ccc(OC2CCCC2)cc1. The fourth-order valence-corrected chi connectivity index (χ4v) is 2.83. The highest BCUT2D eigenvalue weighted by atomic mass is 16.5. The van der Waals surface area contributed by atoms with Crippen molar-refractivity contribution in [3.05, 3.63) is 24.3 Å². The maximum atomic E-state index is 5.98. The van der Waals surface area contributed by atoms with E-state index < -0.39 is 0 Å². The zero-order chi connectivity index (χ0) is 14.9. The Labute approximate surface area is 128 Å². The highest BCUT2D eigenvalue weighted by Crippen LogP contribution is 2.25. The second kappa shape index (κ2) is 8.90. The number of anilines is 1. The molecule has 1 aliphatic rings. The Bertz CT molecular complexity index is 388. The number of methoxy groups -OCH3 is 1. The monoisotopic (exact) mass is 292 g/mol. The van der Waals surface area contributed by atoms with Crippen molar-refractivity contribution in [3.63, 3.8) is 0 Å². The smallest absolute Gasteiger partial charge is 0.119 e. The molecule has 3 N–H and O–H groups in total. The van der Waals surface area contributed by atoms with Gasteiger partial charge in [0, 0.05) is 18.8 Å². The standard InChI is InChI=1S/C17H28N2O2/c1-20-13-15(5-4-12-18)19-14-8-10-17(11-9-14)21-16-6-2-3-7-16/h8-11,15-16,19H,2-7,12-13,18H2,1H3. The minimum absolute atomic E-state index is 0.306. The van der Waals surface area contributed by atoms with Gasteiger partial charge in [-0.05, 0) is 69.3 Å². The Balaban J connectivity index is 1.84. The number of nitrogens with two attached hydrogens (primary N) is 1. The van der Waals surface area contributed by atoms with Gasteiger partial charge in [0.25, 0.3) is 0 Å². The van der Waals surface area contributed by atoms with Crippen molar-refractivity contribution in [2.45, 2.75) is 50.7 Å². The van der Waals surface area contributed by atoms with Gasteiger partial charge in [0.15, 0.2) is 0 Å². The molecule has 2 rings (SSSR count). The maximum absolute atomic E-state index is 5.98. The predicted molar refractivity (Wildman–Crippen MR) is 86.9 cm³/mol. The molecule has 0 spiro atoms. The average molecular weight is 292 g/mol. The molecule has 118 valence electrons. The van der Waals surface area contributed by atoms with Crippen molar-refractivity contribution in [1.82, 2.24) is 0 Å². The topological polar surface area (TPSA) is 56.5 Å². The lowest BCUT2D eigenvalue weighted by Crippen LogP contribution is -2.25. The van der Waals surface area contributed by atoms with E-state index in [4.69, 9.17) is 15.2 Å². The molecule has 0 radical (unpaired) electrons. The quantitative estimate of drug-likeness (QED) is 0.734. The van der Waals surface area contributed by atoms with E-state index in [0.29, 0.717) is 18.8 Å². The normalized spacial score (nSPS) is 16.9. The van der Waals surface area contributed by atoms with E-state index in [1.165, 1.54) is 25.7 Å². The number of benzene rings is 1. The van der Waals surface area contributed by atoms with Crippen LogP contribution in [0.3, 0.4) is 0 Å². The molecule has 21 heavy (non-hydrogen) atoms. The Kier molecular flexibility index (Phi) is 6.83. The molecular formula is C17H28N2O2. The third-order valence-electron chi connectivity index (χ3n) is 3.95. The minimum atomic E-state index is 0.306. The van der Waals surface area contributed by atoms with E-state index in [1.807, 2.05) is 12.1 Å². The molecule has 1 unspecified atom stereocenters. The zero-order valence-corrected chi connectivity index (χ0v) is 13.0. The number of hydrogen-bond donors (Lipinski definition) is 2. The van der Waals surface area contributed by atoms with E-state index in [0.717, 1.165) is 30.8 Å². The Morgan fingerprint density at radius 3 is 2.57 bits per heavy atom. The third-order valence-corrected chi connectivity index (χ3v) is 3.95. The summed E-state index contributed by atoms with van der Waals surface area (Å²) < 4.78 is 11.2. The molecule has 0 heterocycles. The first-order valence-electron chi connectivity index (χ1n) is 8.04. The molecule has 0 aliphatic heterocycles. The lowest BCUT2D eigenvalue weighted by atomic mass is 10.1. The van der Waals surface area contributed by atoms with Gasteiger partial charge in [-0.1, -0.05) is 0 Å². The summed E-state index contributed by atoms with van der Waals surface area (Å²) in [5.74, 6) is 0.970. The first-order chi connectivity index (χ1) is 10.3. The summed E-state index contributed by atoms with van der Waals surface area (Å²) in [6.07, 6.45) is 7.40. The van der Waals surface area contributed by atoms with Crippen LogP contribution in [-0.2, 0) is 4.74 Å². The van der Waals surface area contributed by atoms with E-state index in [-0.39, 0.29) is 0 Å². The van der Waals surface area contributed by atoms with Crippen LogP contribution in [0.4, 0.5) is 5.69 Å². The first-order valence-corrected chi connectivity index (χ1v) is 8.04. The molecule has 1 atom stereocenters. The molecule has 0 saturated heterocycles. The number of nitrogens with one attached hydrogen (secondary N) is 1. The second-order valence-corrected chi connectivity index (χ2v) is 5.78. The van der Waals surface area contributed by atoms with Crippen LogP contribution >= 0.6 is 0 Å². The molecule has 0 bridgehead atoms. The molecule has 0 aromatic heterocycles. The largest absolute Gasteiger partial charge is 0.490 e. The van der Waals surface area contributed by atoms with Gasteiger partial charge >= 0.3 is 0 Å². The van der Waals surface area contributed by atoms with Crippen molar-refractivity contribution in [2.24, 2.45) is 5.73 Å². The van der Waals surface area contributed by atoms with Crippen molar-refractivity contribution in [2.75, 3.05) is 25.6 Å². The van der Waals surface area contributed by atoms with Gasteiger partial charge in [-0.2, -0.15) is 0 Å². The summed E-state index contributed by atoms with van der Waals surface area (Å²) in [5, 5.41) is 3.50. The molecule has 1 saturated carbocycles. The molecule has 1 aromatic rings. The van der Waals surface area contributed by atoms with E-state index in [2.05, 4.69) is 17.4 Å². The summed E-state index contributed by atoms with van der Waals surface area (Å²) in [6.45, 7) is 1.41. The average Bonchev–Trinajstić information content (AvgIpc) is 3.00. The van der Waals surface area contributed by atoms with Crippen LogP contribution in [0.2, 0.25) is 0 Å². The predicted octanol–water partition coefficient (Wildman–Crippen LogP) is 3.17. The van der Waals surface area contributed by atoms with Crippen molar-refractivity contribution >= 4 is 5.69 Å². The Morgan fingerprint density at radius 2 is 1.95 bits per heavy atom. The Morgan fingerprint density at radius 1 is 1.24 bits per heavy atom. The summed E-state index contributed by atoms with van der Waals surface area (Å²) in [6, 6.07) is 8.56. The molecule has 0 amide bonds. The van der Waals surface area contributed by atoms with Crippen molar-refractivity contribution < 1.29 is 9.47 Å². The molecule has 4 heteroatoms. The molecule has 4 nitrogen and oxygen atoms in total. The second-order valence-electron chi connectivity index (χ2n) is 5.78. The summed E-state index contributed by atoms with van der Waals surface area (Å²) in [7, 11) is 1.73. The number of hydrogen-bond acceptors (Lipinski definition) is 4. The number of ether oxygens (including phenoxy) is 2. The van der Waals surface area contributed by atoms with Gasteiger partial charge in [0.2, 0.25) is 0 Å². The molecule has 1 fully saturated rings. The van der Waals surface area contributed by atoms with Crippen LogP contribution < -0.4 is 15.8 Å². The fourth-order valence-electron chi connectivity index (χ4n) is 2.83. The highest BCUT2D eigenvalue weighted by molar-refractivity contribution is 5.47. The van der Waals surface area contributed by atoms with Gasteiger partial charge in [0.05, 0.1) is 12.7 Å². The maximum Gasteiger partial charge on any atom is 0.119 e. The van der Waals surface area contributed by atoms with Crippen molar-refractivity contribution in [1.29, 1.82) is 0 Å². The third kappa shape index (κ3) is 5.56. The summed E-state index contributed by atoms with van der Waals surface area (Å²) in [4.78, 5) is 0. The van der Waals surface area contributed by atoms with Gasteiger partial charge in [-0.3, -0.25) is 0 Å². The zero-order valence-electron chi connectivity index (χ0n) is 13.0. The Hall–Kier alpha value is -1.26. The lowest BCUT2D eigenvalue weighted by molar-refractivity contribution is 0.182. The van der Waals surface area contributed by atoms with Crippen molar-refractivity contribution in [3.8, 4) is 5.75 Å². The summed E-state index contributed by atoms with van der Waals surface area (Å²) in [5.41, 5.74) is 6.68. The van der Waals surface area contributed by atoms with Crippen LogP contribution in [0.25, 0.3) is 0 Å². The molecule has 1 aromatic carbocycles. The first kappa shape index (κ1) is 16.1. The van der Waals surface area contributed by atoms with Gasteiger partial charge in [-0.25, -0.2) is 0 Å². The molecule has 1 aliphatic carbocycles. The minimum Gasteiger partial charge on any atom is -0.490 e. The van der Waals surface area contributed by atoms with Gasteiger partial charge < -0.3 is 20.5 Å². The summed E-state index contributed by atoms with van der Waals surface area (Å²) >= 11 is 0. The van der Waals surface area contributed by atoms with Crippen LogP contribution in [0.1, 0.15) is 38.5 Å².